The summed E-state index contributed by atoms with van der Waals surface area (Å²) < 4.78 is 15.1. The smallest absolute Gasteiger partial charge is 0.343 e. The maximum Gasteiger partial charge on any atom is 0.343 e. The third-order valence-electron chi connectivity index (χ3n) is 4.08. The molecule has 0 saturated heterocycles. The molecule has 0 bridgehead atoms. The standard InChI is InChI=1S/C22H22N2O5/c1-15(17-7-5-4-6-8-17)24-22(26)18(13-23)11-16-9-10-19(20(12-16)27-2)29-14-21(25)28-3/h4-12,15H,14H2,1-3H3,(H,24,26)/b18-11-. The van der Waals surface area contributed by atoms with Gasteiger partial charge in [-0.15, -0.1) is 0 Å². The monoisotopic (exact) mass is 394 g/mol. The first kappa shape index (κ1) is 21.5. The normalized spacial score (nSPS) is 11.7. The molecule has 0 radical (unpaired) electrons. The van der Waals surface area contributed by atoms with Crippen LogP contribution in [-0.2, 0) is 14.3 Å². The Bertz CT molecular complexity index is 932. The van der Waals surface area contributed by atoms with E-state index >= 15 is 0 Å². The lowest BCUT2D eigenvalue weighted by Gasteiger charge is -2.14. The zero-order chi connectivity index (χ0) is 21.2. The van der Waals surface area contributed by atoms with Crippen LogP contribution in [0.1, 0.15) is 24.1 Å². The number of methoxy groups -OCH3 is 2. The van der Waals surface area contributed by atoms with Crippen molar-refractivity contribution in [3.05, 3.63) is 65.2 Å². The molecule has 0 aliphatic heterocycles. The molecule has 0 fully saturated rings. The lowest BCUT2D eigenvalue weighted by atomic mass is 10.1. The van der Waals surface area contributed by atoms with Crippen LogP contribution in [0.3, 0.4) is 0 Å². The van der Waals surface area contributed by atoms with Crippen LogP contribution in [0.15, 0.2) is 54.1 Å². The molecule has 1 amide bonds. The average Bonchev–Trinajstić information content (AvgIpc) is 2.76. The molecule has 1 atom stereocenters. The van der Waals surface area contributed by atoms with Crippen LogP contribution in [0.5, 0.6) is 11.5 Å². The Hall–Kier alpha value is -3.79. The number of carbonyl (C=O) groups excluding carboxylic acids is 2. The fourth-order valence-electron chi connectivity index (χ4n) is 2.50. The zero-order valence-electron chi connectivity index (χ0n) is 16.5. The second-order valence-corrected chi connectivity index (χ2v) is 6.05. The largest absolute Gasteiger partial charge is 0.493 e. The fourth-order valence-corrected chi connectivity index (χ4v) is 2.50. The zero-order valence-corrected chi connectivity index (χ0v) is 16.5. The summed E-state index contributed by atoms with van der Waals surface area (Å²) in [6.45, 7) is 1.59. The van der Waals surface area contributed by atoms with Gasteiger partial charge in [-0.2, -0.15) is 5.26 Å². The lowest BCUT2D eigenvalue weighted by molar-refractivity contribution is -0.142. The fraction of sp³-hybridized carbons (Fsp3) is 0.227. The van der Waals surface area contributed by atoms with Crippen LogP contribution in [0.25, 0.3) is 6.08 Å². The van der Waals surface area contributed by atoms with Crippen molar-refractivity contribution in [2.75, 3.05) is 20.8 Å². The summed E-state index contributed by atoms with van der Waals surface area (Å²) in [5.41, 5.74) is 1.47. The molecule has 0 aliphatic rings. The number of benzene rings is 2. The van der Waals surface area contributed by atoms with Gasteiger partial charge in [0.05, 0.1) is 20.3 Å². The molecule has 0 aromatic heterocycles. The van der Waals surface area contributed by atoms with E-state index in [2.05, 4.69) is 10.1 Å². The number of amides is 1. The van der Waals surface area contributed by atoms with Gasteiger partial charge in [0, 0.05) is 0 Å². The van der Waals surface area contributed by atoms with Gasteiger partial charge in [-0.05, 0) is 36.3 Å². The third-order valence-corrected chi connectivity index (χ3v) is 4.08. The number of rotatable bonds is 8. The number of ether oxygens (including phenoxy) is 3. The Morgan fingerprint density at radius 3 is 2.48 bits per heavy atom. The van der Waals surface area contributed by atoms with Gasteiger partial charge in [0.1, 0.15) is 11.6 Å². The Labute approximate surface area is 169 Å². The highest BCUT2D eigenvalue weighted by molar-refractivity contribution is 6.01. The van der Waals surface area contributed by atoms with Gasteiger partial charge >= 0.3 is 5.97 Å². The maximum atomic E-state index is 12.5. The van der Waals surface area contributed by atoms with E-state index in [1.807, 2.05) is 43.3 Å². The number of hydrogen-bond donors (Lipinski definition) is 1. The predicted molar refractivity (Wildman–Crippen MR) is 107 cm³/mol. The number of nitriles is 1. The van der Waals surface area contributed by atoms with Crippen molar-refractivity contribution >= 4 is 18.0 Å². The van der Waals surface area contributed by atoms with Crippen molar-refractivity contribution < 1.29 is 23.8 Å². The topological polar surface area (TPSA) is 97.7 Å². The van der Waals surface area contributed by atoms with Crippen molar-refractivity contribution in [3.63, 3.8) is 0 Å². The van der Waals surface area contributed by atoms with E-state index in [1.165, 1.54) is 20.3 Å². The summed E-state index contributed by atoms with van der Waals surface area (Å²) in [4.78, 5) is 23.7. The summed E-state index contributed by atoms with van der Waals surface area (Å²) in [5, 5.41) is 12.2. The van der Waals surface area contributed by atoms with Gasteiger partial charge in [0.2, 0.25) is 0 Å². The highest BCUT2D eigenvalue weighted by Crippen LogP contribution is 2.29. The maximum absolute atomic E-state index is 12.5. The quantitative estimate of drug-likeness (QED) is 0.420. The molecule has 0 aliphatic carbocycles. The molecule has 7 nitrogen and oxygen atoms in total. The van der Waals surface area contributed by atoms with E-state index in [-0.39, 0.29) is 18.2 Å². The number of nitrogens with one attached hydrogen (secondary N) is 1. The minimum atomic E-state index is -0.521. The SMILES string of the molecule is COC(=O)COc1ccc(/C=C(/C#N)C(=O)NC(C)c2ccccc2)cc1OC. The molecule has 2 aromatic rings. The van der Waals surface area contributed by atoms with Gasteiger partial charge in [-0.1, -0.05) is 36.4 Å². The number of nitrogens with zero attached hydrogens (tertiary/aromatic N) is 1. The van der Waals surface area contributed by atoms with E-state index in [0.717, 1.165) is 5.56 Å². The van der Waals surface area contributed by atoms with E-state index in [9.17, 15) is 14.9 Å². The first-order chi connectivity index (χ1) is 14.0. The lowest BCUT2D eigenvalue weighted by Crippen LogP contribution is -2.27. The molecular formula is C22H22N2O5. The number of hydrogen-bond acceptors (Lipinski definition) is 6. The molecule has 1 unspecified atom stereocenters. The molecule has 2 rings (SSSR count). The molecular weight excluding hydrogens is 372 g/mol. The highest BCUT2D eigenvalue weighted by atomic mass is 16.6. The van der Waals surface area contributed by atoms with Gasteiger partial charge < -0.3 is 19.5 Å². The van der Waals surface area contributed by atoms with Gasteiger partial charge in [-0.25, -0.2) is 4.79 Å². The predicted octanol–water partition coefficient (Wildman–Crippen LogP) is 3.03. The Morgan fingerprint density at radius 2 is 1.86 bits per heavy atom. The van der Waals surface area contributed by atoms with Crippen molar-refractivity contribution in [2.24, 2.45) is 0 Å². The molecule has 1 N–H and O–H groups in total. The second-order valence-electron chi connectivity index (χ2n) is 6.05. The summed E-state index contributed by atoms with van der Waals surface area (Å²) in [6, 6.07) is 16.0. The Morgan fingerprint density at radius 1 is 1.14 bits per heavy atom. The van der Waals surface area contributed by atoms with Crippen LogP contribution >= 0.6 is 0 Å². The average molecular weight is 394 g/mol. The first-order valence-corrected chi connectivity index (χ1v) is 8.83. The molecule has 7 heteroatoms. The third kappa shape index (κ3) is 6.11. The van der Waals surface area contributed by atoms with Crippen LogP contribution in [0.4, 0.5) is 0 Å². The molecule has 150 valence electrons. The summed E-state index contributed by atoms with van der Waals surface area (Å²) in [5.74, 6) is -0.297. The summed E-state index contributed by atoms with van der Waals surface area (Å²) in [6.07, 6.45) is 1.46. The first-order valence-electron chi connectivity index (χ1n) is 8.83. The molecule has 0 spiro atoms. The number of esters is 1. The van der Waals surface area contributed by atoms with Gasteiger partial charge in [0.25, 0.3) is 5.91 Å². The van der Waals surface area contributed by atoms with Crippen LogP contribution in [0, 0.1) is 11.3 Å². The van der Waals surface area contributed by atoms with E-state index in [4.69, 9.17) is 9.47 Å². The molecule has 2 aromatic carbocycles. The molecule has 0 heterocycles. The van der Waals surface area contributed by atoms with Crippen LogP contribution < -0.4 is 14.8 Å². The van der Waals surface area contributed by atoms with Gasteiger partial charge in [0.15, 0.2) is 18.1 Å². The second kappa shape index (κ2) is 10.5. The minimum absolute atomic E-state index is 0.0435. The molecule has 0 saturated carbocycles. The van der Waals surface area contributed by atoms with Crippen LogP contribution in [-0.4, -0.2) is 32.7 Å². The van der Waals surface area contributed by atoms with E-state index in [0.29, 0.717) is 17.1 Å². The van der Waals surface area contributed by atoms with Crippen molar-refractivity contribution in [2.45, 2.75) is 13.0 Å². The summed E-state index contributed by atoms with van der Waals surface area (Å²) in [7, 11) is 2.72. The van der Waals surface area contributed by atoms with Gasteiger partial charge in [-0.3, -0.25) is 4.79 Å². The summed E-state index contributed by atoms with van der Waals surface area (Å²) >= 11 is 0. The van der Waals surface area contributed by atoms with Crippen molar-refractivity contribution in [1.29, 1.82) is 5.26 Å². The van der Waals surface area contributed by atoms with Crippen LogP contribution in [0.2, 0.25) is 0 Å². The Kier molecular flexibility index (Phi) is 7.80. The molecule has 29 heavy (non-hydrogen) atoms. The van der Waals surface area contributed by atoms with E-state index < -0.39 is 11.9 Å². The van der Waals surface area contributed by atoms with Crippen molar-refractivity contribution in [3.8, 4) is 17.6 Å². The Balaban J connectivity index is 2.16. The highest BCUT2D eigenvalue weighted by Gasteiger charge is 2.14. The van der Waals surface area contributed by atoms with Crippen molar-refractivity contribution in [1.82, 2.24) is 5.32 Å². The minimum Gasteiger partial charge on any atom is -0.493 e. The van der Waals surface area contributed by atoms with E-state index in [1.54, 1.807) is 18.2 Å². The number of carbonyl (C=O) groups is 2.